The fourth-order valence-electron chi connectivity index (χ4n) is 3.02. The Labute approximate surface area is 123 Å². The van der Waals surface area contributed by atoms with Crippen molar-refractivity contribution < 1.29 is 9.90 Å². The second-order valence-corrected chi connectivity index (χ2v) is 5.56. The minimum Gasteiger partial charge on any atom is -0.478 e. The van der Waals surface area contributed by atoms with E-state index in [1.54, 1.807) is 13.0 Å². The van der Waals surface area contributed by atoms with E-state index in [0.29, 0.717) is 17.3 Å². The fourth-order valence-corrected chi connectivity index (χ4v) is 3.02. The number of nitrogens with one attached hydrogen (secondary N) is 1. The molecule has 21 heavy (non-hydrogen) atoms. The zero-order chi connectivity index (χ0) is 15.0. The summed E-state index contributed by atoms with van der Waals surface area (Å²) < 4.78 is 0. The number of anilines is 1. The van der Waals surface area contributed by atoms with E-state index >= 15 is 0 Å². The van der Waals surface area contributed by atoms with Crippen molar-refractivity contribution in [2.75, 3.05) is 11.9 Å². The largest absolute Gasteiger partial charge is 0.478 e. The molecule has 1 unspecified atom stereocenters. The highest BCUT2D eigenvalue weighted by Gasteiger charge is 2.25. The number of aryl methyl sites for hydroxylation is 2. The minimum atomic E-state index is -0.934. The molecule has 0 amide bonds. The topological polar surface area (TPSA) is 62.2 Å². The van der Waals surface area contributed by atoms with Gasteiger partial charge in [-0.05, 0) is 37.5 Å². The van der Waals surface area contributed by atoms with E-state index < -0.39 is 5.97 Å². The Morgan fingerprint density at radius 1 is 1.38 bits per heavy atom. The van der Waals surface area contributed by atoms with Crippen LogP contribution in [0.15, 0.2) is 30.3 Å². The van der Waals surface area contributed by atoms with Crippen LogP contribution in [0.5, 0.6) is 0 Å². The van der Waals surface area contributed by atoms with Crippen LogP contribution in [0.2, 0.25) is 0 Å². The average Bonchev–Trinajstić information content (AvgIpc) is 2.38. The maximum Gasteiger partial charge on any atom is 0.339 e. The Morgan fingerprint density at radius 3 is 2.86 bits per heavy atom. The van der Waals surface area contributed by atoms with Crippen LogP contribution >= 0.6 is 0 Å². The molecule has 2 N–H and O–H groups in total. The molecule has 1 aromatic carbocycles. The van der Waals surface area contributed by atoms with E-state index in [2.05, 4.69) is 34.6 Å². The van der Waals surface area contributed by atoms with Gasteiger partial charge in [-0.25, -0.2) is 4.79 Å². The molecule has 108 valence electrons. The summed E-state index contributed by atoms with van der Waals surface area (Å²) in [5.74, 6) is -0.479. The molecule has 0 fully saturated rings. The van der Waals surface area contributed by atoms with Crippen molar-refractivity contribution in [2.45, 2.75) is 26.2 Å². The maximum atomic E-state index is 11.4. The zero-order valence-electron chi connectivity index (χ0n) is 12.2. The van der Waals surface area contributed by atoms with Crippen LogP contribution in [-0.2, 0) is 6.42 Å². The number of carboxylic acids is 1. The van der Waals surface area contributed by atoms with Crippen LogP contribution in [0, 0.1) is 13.8 Å². The SMILES string of the molecule is Cc1cc(NCC2Cc3ccccc32)c(C(=O)O)c(C)n1. The number of carbonyl (C=O) groups is 1. The predicted octanol–water partition coefficient (Wildman–Crippen LogP) is 3.15. The van der Waals surface area contributed by atoms with Crippen molar-refractivity contribution in [3.63, 3.8) is 0 Å². The van der Waals surface area contributed by atoms with E-state index in [4.69, 9.17) is 0 Å². The third kappa shape index (κ3) is 2.49. The summed E-state index contributed by atoms with van der Waals surface area (Å²) in [7, 11) is 0. The number of pyridine rings is 1. The van der Waals surface area contributed by atoms with E-state index in [0.717, 1.165) is 18.7 Å². The van der Waals surface area contributed by atoms with Crippen molar-refractivity contribution in [1.82, 2.24) is 4.98 Å². The number of nitrogens with zero attached hydrogens (tertiary/aromatic N) is 1. The molecular weight excluding hydrogens is 264 g/mol. The molecule has 1 aliphatic carbocycles. The standard InChI is InChI=1S/C17H18N2O2/c1-10-7-15(16(17(20)21)11(2)19-10)18-9-13-8-12-5-3-4-6-14(12)13/h3-7,13H,8-9H2,1-2H3,(H,18,19)(H,20,21). The first-order valence-electron chi connectivity index (χ1n) is 7.09. The third-order valence-electron chi connectivity index (χ3n) is 4.04. The first-order chi connectivity index (χ1) is 10.1. The summed E-state index contributed by atoms with van der Waals surface area (Å²) >= 11 is 0. The van der Waals surface area contributed by atoms with Gasteiger partial charge in [0.25, 0.3) is 0 Å². The number of aromatic carboxylic acids is 1. The van der Waals surface area contributed by atoms with Gasteiger partial charge in [-0.2, -0.15) is 0 Å². The monoisotopic (exact) mass is 282 g/mol. The summed E-state index contributed by atoms with van der Waals surface area (Å²) in [6.07, 6.45) is 1.05. The molecule has 0 spiro atoms. The molecule has 1 aliphatic rings. The molecule has 0 saturated carbocycles. The lowest BCUT2D eigenvalue weighted by Crippen LogP contribution is -2.25. The van der Waals surface area contributed by atoms with Crippen molar-refractivity contribution >= 4 is 11.7 Å². The molecule has 0 saturated heterocycles. The fraction of sp³-hybridized carbons (Fsp3) is 0.294. The molecule has 4 heteroatoms. The number of hydrogen-bond donors (Lipinski definition) is 2. The summed E-state index contributed by atoms with van der Waals surface area (Å²) in [6, 6.07) is 10.2. The number of aromatic nitrogens is 1. The van der Waals surface area contributed by atoms with Crippen molar-refractivity contribution in [2.24, 2.45) is 0 Å². The maximum absolute atomic E-state index is 11.4. The normalized spacial score (nSPS) is 16.0. The van der Waals surface area contributed by atoms with Gasteiger partial charge in [0.15, 0.2) is 0 Å². The van der Waals surface area contributed by atoms with Gasteiger partial charge in [-0.1, -0.05) is 24.3 Å². The van der Waals surface area contributed by atoms with Gasteiger partial charge in [0.1, 0.15) is 5.56 Å². The Kier molecular flexibility index (Phi) is 3.37. The molecule has 0 aliphatic heterocycles. The van der Waals surface area contributed by atoms with Crippen LogP contribution in [0.3, 0.4) is 0 Å². The summed E-state index contributed by atoms with van der Waals surface area (Å²) in [6.45, 7) is 4.36. The molecule has 0 bridgehead atoms. The molecule has 4 nitrogen and oxygen atoms in total. The third-order valence-corrected chi connectivity index (χ3v) is 4.04. The quantitative estimate of drug-likeness (QED) is 0.904. The van der Waals surface area contributed by atoms with Gasteiger partial charge in [-0.15, -0.1) is 0 Å². The van der Waals surface area contributed by atoms with Crippen molar-refractivity contribution in [3.8, 4) is 0 Å². The van der Waals surface area contributed by atoms with Gasteiger partial charge >= 0.3 is 5.97 Å². The van der Waals surface area contributed by atoms with Crippen LogP contribution in [0.25, 0.3) is 0 Å². The molecular formula is C17H18N2O2. The Balaban J connectivity index is 1.79. The van der Waals surface area contributed by atoms with Crippen LogP contribution in [-0.4, -0.2) is 22.6 Å². The van der Waals surface area contributed by atoms with Crippen LogP contribution < -0.4 is 5.32 Å². The van der Waals surface area contributed by atoms with Crippen molar-refractivity contribution in [1.29, 1.82) is 0 Å². The predicted molar refractivity (Wildman–Crippen MR) is 82.0 cm³/mol. The van der Waals surface area contributed by atoms with Gasteiger partial charge in [0, 0.05) is 18.2 Å². The Hall–Kier alpha value is -2.36. The van der Waals surface area contributed by atoms with Gasteiger partial charge < -0.3 is 10.4 Å². The zero-order valence-corrected chi connectivity index (χ0v) is 12.2. The highest BCUT2D eigenvalue weighted by molar-refractivity contribution is 5.95. The number of fused-ring (bicyclic) bond motifs is 1. The molecule has 2 aromatic rings. The first-order valence-corrected chi connectivity index (χ1v) is 7.09. The molecule has 1 aromatic heterocycles. The Bertz CT molecular complexity index is 710. The number of carboxylic acid groups (broad SMARTS) is 1. The van der Waals surface area contributed by atoms with Gasteiger partial charge in [0.2, 0.25) is 0 Å². The lowest BCUT2D eigenvalue weighted by Gasteiger charge is -2.30. The number of rotatable bonds is 4. The van der Waals surface area contributed by atoms with E-state index in [1.807, 2.05) is 6.92 Å². The second-order valence-electron chi connectivity index (χ2n) is 5.56. The molecule has 0 radical (unpaired) electrons. The molecule has 3 rings (SSSR count). The number of benzene rings is 1. The highest BCUT2D eigenvalue weighted by Crippen LogP contribution is 2.35. The first kappa shape index (κ1) is 13.6. The van der Waals surface area contributed by atoms with E-state index in [-0.39, 0.29) is 5.56 Å². The number of hydrogen-bond acceptors (Lipinski definition) is 3. The van der Waals surface area contributed by atoms with Crippen molar-refractivity contribution in [3.05, 3.63) is 58.4 Å². The summed E-state index contributed by atoms with van der Waals surface area (Å²) in [4.78, 5) is 15.6. The average molecular weight is 282 g/mol. The molecule has 1 atom stereocenters. The Morgan fingerprint density at radius 2 is 2.14 bits per heavy atom. The smallest absolute Gasteiger partial charge is 0.339 e. The molecule has 1 heterocycles. The summed E-state index contributed by atoms with van der Waals surface area (Å²) in [5, 5.41) is 12.6. The van der Waals surface area contributed by atoms with Gasteiger partial charge in [0.05, 0.1) is 11.4 Å². The van der Waals surface area contributed by atoms with Crippen LogP contribution in [0.1, 0.15) is 38.8 Å². The van der Waals surface area contributed by atoms with Gasteiger partial charge in [-0.3, -0.25) is 4.98 Å². The van der Waals surface area contributed by atoms with E-state index in [9.17, 15) is 9.90 Å². The minimum absolute atomic E-state index is 0.271. The van der Waals surface area contributed by atoms with Crippen LogP contribution in [0.4, 0.5) is 5.69 Å². The summed E-state index contributed by atoms with van der Waals surface area (Å²) in [5.41, 5.74) is 5.08. The lowest BCUT2D eigenvalue weighted by atomic mass is 9.77. The van der Waals surface area contributed by atoms with E-state index in [1.165, 1.54) is 11.1 Å². The lowest BCUT2D eigenvalue weighted by molar-refractivity contribution is 0.0696. The second kappa shape index (κ2) is 5.20. The highest BCUT2D eigenvalue weighted by atomic mass is 16.4.